The van der Waals surface area contributed by atoms with E-state index < -0.39 is 0 Å². The first-order valence-electron chi connectivity index (χ1n) is 7.15. The summed E-state index contributed by atoms with van der Waals surface area (Å²) < 4.78 is 2.02. The summed E-state index contributed by atoms with van der Waals surface area (Å²) in [5.74, 6) is 0. The third kappa shape index (κ3) is 2.98. The normalized spacial score (nSPS) is 10.8. The second-order valence-corrected chi connectivity index (χ2v) is 4.89. The Morgan fingerprint density at radius 3 is 2.47 bits per heavy atom. The average molecular weight is 258 g/mol. The van der Waals surface area contributed by atoms with Gasteiger partial charge in [-0.3, -0.25) is 14.6 Å². The maximum atomic E-state index is 12.1. The fraction of sp³-hybridized carbons (Fsp3) is 0.438. The molecule has 1 N–H and O–H groups in total. The van der Waals surface area contributed by atoms with E-state index in [1.807, 2.05) is 22.9 Å². The Morgan fingerprint density at radius 1 is 1.11 bits per heavy atom. The van der Waals surface area contributed by atoms with Gasteiger partial charge in [0.2, 0.25) is 0 Å². The van der Waals surface area contributed by atoms with Crippen molar-refractivity contribution in [1.82, 2.24) is 9.78 Å². The monoisotopic (exact) mass is 258 g/mol. The minimum absolute atomic E-state index is 0.0665. The lowest BCUT2D eigenvalue weighted by Crippen LogP contribution is -2.08. The average Bonchev–Trinajstić information content (AvgIpc) is 2.74. The van der Waals surface area contributed by atoms with Crippen LogP contribution in [0.2, 0.25) is 0 Å². The van der Waals surface area contributed by atoms with Crippen molar-refractivity contribution in [2.24, 2.45) is 0 Å². The lowest BCUT2D eigenvalue weighted by Gasteiger charge is -2.09. The highest BCUT2D eigenvalue weighted by Gasteiger charge is 2.15. The Morgan fingerprint density at radius 2 is 1.84 bits per heavy atom. The summed E-state index contributed by atoms with van der Waals surface area (Å²) in [5, 5.41) is 2.99. The number of benzene rings is 1. The van der Waals surface area contributed by atoms with Crippen molar-refractivity contribution in [3.63, 3.8) is 0 Å². The topological polar surface area (TPSA) is 37.8 Å². The van der Waals surface area contributed by atoms with Gasteiger partial charge in [0.15, 0.2) is 0 Å². The predicted octanol–water partition coefficient (Wildman–Crippen LogP) is 3.60. The van der Waals surface area contributed by atoms with E-state index in [-0.39, 0.29) is 5.56 Å². The zero-order valence-electron chi connectivity index (χ0n) is 11.8. The molecular weight excluding hydrogens is 236 g/mol. The van der Waals surface area contributed by atoms with Crippen LogP contribution in [0.1, 0.15) is 38.7 Å². The molecule has 1 aromatic heterocycles. The minimum Gasteiger partial charge on any atom is -0.284 e. The van der Waals surface area contributed by atoms with Gasteiger partial charge in [-0.05, 0) is 12.8 Å². The quantitative estimate of drug-likeness (QED) is 0.844. The summed E-state index contributed by atoms with van der Waals surface area (Å²) in [4.78, 5) is 12.1. The molecule has 0 atom stereocenters. The molecule has 0 amide bonds. The van der Waals surface area contributed by atoms with Crippen molar-refractivity contribution in [1.29, 1.82) is 0 Å². The molecule has 102 valence electrons. The largest absolute Gasteiger partial charge is 0.284 e. The number of nitrogens with zero attached hydrogens (tertiary/aromatic N) is 1. The van der Waals surface area contributed by atoms with Gasteiger partial charge >= 0.3 is 0 Å². The van der Waals surface area contributed by atoms with Crippen molar-refractivity contribution in [3.05, 3.63) is 46.2 Å². The highest BCUT2D eigenvalue weighted by Crippen LogP contribution is 2.22. The van der Waals surface area contributed by atoms with Crippen LogP contribution in [0.15, 0.2) is 35.1 Å². The molecule has 0 saturated heterocycles. The van der Waals surface area contributed by atoms with Crippen molar-refractivity contribution in [2.75, 3.05) is 0 Å². The SMILES string of the molecule is CCCCn1[nH]c(=O)c(CCC)c1-c1ccccc1. The van der Waals surface area contributed by atoms with Gasteiger partial charge < -0.3 is 0 Å². The number of nitrogens with one attached hydrogen (secondary N) is 1. The van der Waals surface area contributed by atoms with Crippen LogP contribution >= 0.6 is 0 Å². The van der Waals surface area contributed by atoms with E-state index in [2.05, 4.69) is 31.1 Å². The molecule has 19 heavy (non-hydrogen) atoms. The fourth-order valence-electron chi connectivity index (χ4n) is 2.41. The number of hydrogen-bond donors (Lipinski definition) is 1. The zero-order valence-corrected chi connectivity index (χ0v) is 11.8. The molecule has 0 bridgehead atoms. The molecule has 0 spiro atoms. The van der Waals surface area contributed by atoms with Gasteiger partial charge in [-0.25, -0.2) is 0 Å². The molecule has 0 radical (unpaired) electrons. The Bertz CT molecular complexity index is 566. The van der Waals surface area contributed by atoms with Crippen LogP contribution < -0.4 is 5.56 Å². The number of H-pyrrole nitrogens is 1. The van der Waals surface area contributed by atoms with Crippen LogP contribution in [0.5, 0.6) is 0 Å². The van der Waals surface area contributed by atoms with E-state index >= 15 is 0 Å². The zero-order chi connectivity index (χ0) is 13.7. The van der Waals surface area contributed by atoms with Gasteiger partial charge in [0, 0.05) is 17.7 Å². The molecule has 0 aliphatic carbocycles. The molecule has 3 heteroatoms. The summed E-state index contributed by atoms with van der Waals surface area (Å²) in [6.45, 7) is 5.15. The van der Waals surface area contributed by atoms with Crippen LogP contribution in [0, 0.1) is 0 Å². The molecule has 0 unspecified atom stereocenters. The number of rotatable bonds is 6. The van der Waals surface area contributed by atoms with Crippen LogP contribution in [-0.2, 0) is 13.0 Å². The molecule has 2 rings (SSSR count). The Kier molecular flexibility index (Phi) is 4.61. The molecule has 0 fully saturated rings. The van der Waals surface area contributed by atoms with Crippen molar-refractivity contribution in [2.45, 2.75) is 46.1 Å². The molecular formula is C16H22N2O. The van der Waals surface area contributed by atoms with Gasteiger partial charge in [-0.1, -0.05) is 57.0 Å². The predicted molar refractivity (Wildman–Crippen MR) is 79.4 cm³/mol. The number of aromatic nitrogens is 2. The third-order valence-electron chi connectivity index (χ3n) is 3.35. The highest BCUT2D eigenvalue weighted by atomic mass is 16.1. The van der Waals surface area contributed by atoms with E-state index in [9.17, 15) is 4.79 Å². The van der Waals surface area contributed by atoms with E-state index in [0.717, 1.165) is 49.0 Å². The first kappa shape index (κ1) is 13.7. The van der Waals surface area contributed by atoms with Gasteiger partial charge in [-0.2, -0.15) is 0 Å². The standard InChI is InChI=1S/C16H22N2O/c1-3-5-12-18-15(13-10-7-6-8-11-13)14(9-4-2)16(19)17-18/h6-8,10-11H,3-5,9,12H2,1-2H3,(H,17,19). The first-order chi connectivity index (χ1) is 9.27. The molecule has 1 heterocycles. The van der Waals surface area contributed by atoms with Gasteiger partial charge in [0.1, 0.15) is 0 Å². The van der Waals surface area contributed by atoms with E-state index in [1.165, 1.54) is 0 Å². The maximum Gasteiger partial charge on any atom is 0.267 e. The molecule has 2 aromatic rings. The van der Waals surface area contributed by atoms with Crippen molar-refractivity contribution >= 4 is 0 Å². The molecule has 0 aliphatic heterocycles. The van der Waals surface area contributed by atoms with Gasteiger partial charge in [0.05, 0.1) is 5.69 Å². The maximum absolute atomic E-state index is 12.1. The first-order valence-corrected chi connectivity index (χ1v) is 7.15. The number of unbranched alkanes of at least 4 members (excludes halogenated alkanes) is 1. The summed E-state index contributed by atoms with van der Waals surface area (Å²) in [6.07, 6.45) is 4.02. The number of hydrogen-bond acceptors (Lipinski definition) is 1. The van der Waals surface area contributed by atoms with Crippen LogP contribution in [0.4, 0.5) is 0 Å². The van der Waals surface area contributed by atoms with Crippen molar-refractivity contribution in [3.8, 4) is 11.3 Å². The van der Waals surface area contributed by atoms with Crippen LogP contribution in [0.25, 0.3) is 11.3 Å². The summed E-state index contributed by atoms with van der Waals surface area (Å²) in [7, 11) is 0. The Hall–Kier alpha value is -1.77. The lowest BCUT2D eigenvalue weighted by molar-refractivity contribution is 0.573. The molecule has 1 aromatic carbocycles. The summed E-state index contributed by atoms with van der Waals surface area (Å²) >= 11 is 0. The molecule has 3 nitrogen and oxygen atoms in total. The second kappa shape index (κ2) is 6.41. The highest BCUT2D eigenvalue weighted by molar-refractivity contribution is 5.63. The fourth-order valence-corrected chi connectivity index (χ4v) is 2.41. The Labute approximate surface area is 114 Å². The van der Waals surface area contributed by atoms with Gasteiger partial charge in [-0.15, -0.1) is 0 Å². The molecule has 0 saturated carbocycles. The smallest absolute Gasteiger partial charge is 0.267 e. The van der Waals surface area contributed by atoms with E-state index in [0.29, 0.717) is 0 Å². The minimum atomic E-state index is 0.0665. The summed E-state index contributed by atoms with van der Waals surface area (Å²) in [6, 6.07) is 10.2. The van der Waals surface area contributed by atoms with Crippen LogP contribution in [-0.4, -0.2) is 9.78 Å². The lowest BCUT2D eigenvalue weighted by atomic mass is 10.0. The second-order valence-electron chi connectivity index (χ2n) is 4.89. The number of aryl methyl sites for hydroxylation is 1. The van der Waals surface area contributed by atoms with E-state index in [4.69, 9.17) is 0 Å². The van der Waals surface area contributed by atoms with Crippen molar-refractivity contribution < 1.29 is 0 Å². The third-order valence-corrected chi connectivity index (χ3v) is 3.35. The number of aromatic amines is 1. The summed E-state index contributed by atoms with van der Waals surface area (Å²) in [5.41, 5.74) is 3.18. The Balaban J connectivity index is 2.50. The van der Waals surface area contributed by atoms with Crippen LogP contribution in [0.3, 0.4) is 0 Å². The van der Waals surface area contributed by atoms with Gasteiger partial charge in [0.25, 0.3) is 5.56 Å². The molecule has 0 aliphatic rings. The van der Waals surface area contributed by atoms with E-state index in [1.54, 1.807) is 0 Å².